The summed E-state index contributed by atoms with van der Waals surface area (Å²) in [5, 5.41) is 8.93. The molecule has 3 N–H and O–H groups in total. The molecule has 0 spiro atoms. The van der Waals surface area contributed by atoms with E-state index in [9.17, 15) is 9.18 Å². The molecular formula is C22H30FN5O3. The zero-order valence-corrected chi connectivity index (χ0v) is 18.0. The van der Waals surface area contributed by atoms with Crippen molar-refractivity contribution in [2.45, 2.75) is 51.4 Å². The van der Waals surface area contributed by atoms with Crippen LogP contribution in [-0.4, -0.2) is 48.4 Å². The number of urea groups is 1. The molecule has 1 saturated carbocycles. The number of amides is 2. The van der Waals surface area contributed by atoms with E-state index in [1.165, 1.54) is 6.33 Å². The second-order valence-electron chi connectivity index (χ2n) is 7.63. The molecule has 2 aromatic rings. The van der Waals surface area contributed by atoms with Gasteiger partial charge in [-0.3, -0.25) is 0 Å². The van der Waals surface area contributed by atoms with E-state index >= 15 is 0 Å². The summed E-state index contributed by atoms with van der Waals surface area (Å²) in [7, 11) is 1.65. The molecular weight excluding hydrogens is 401 g/mol. The van der Waals surface area contributed by atoms with Gasteiger partial charge in [0, 0.05) is 31.5 Å². The molecule has 31 heavy (non-hydrogen) atoms. The number of nitrogens with zero attached hydrogens (tertiary/aromatic N) is 2. The zero-order chi connectivity index (χ0) is 22.1. The van der Waals surface area contributed by atoms with Gasteiger partial charge in [0.05, 0.1) is 6.61 Å². The number of aryl methyl sites for hydroxylation is 1. The monoisotopic (exact) mass is 431 g/mol. The Hall–Kier alpha value is -2.94. The fraction of sp³-hybridized carbons (Fsp3) is 0.500. The van der Waals surface area contributed by atoms with Crippen LogP contribution in [0, 0.1) is 6.92 Å². The highest BCUT2D eigenvalue weighted by Gasteiger charge is 2.24. The minimum Gasteiger partial charge on any atom is -0.474 e. The number of alkyl halides is 1. The SMILES string of the molecule is COCCNc1cc(O[C@H]2CC[C@@H](NC(=O)Nc3ccc(C)c(CF)c3)CC2)ncn1. The maximum absolute atomic E-state index is 13.0. The average molecular weight is 432 g/mol. The maximum atomic E-state index is 13.0. The number of nitrogens with one attached hydrogen (secondary N) is 3. The van der Waals surface area contributed by atoms with Crippen LogP contribution in [0.3, 0.4) is 0 Å². The molecule has 9 heteroatoms. The van der Waals surface area contributed by atoms with E-state index in [0.717, 1.165) is 31.2 Å². The summed E-state index contributed by atoms with van der Waals surface area (Å²) in [6, 6.07) is 6.82. The first-order valence-corrected chi connectivity index (χ1v) is 10.5. The zero-order valence-electron chi connectivity index (χ0n) is 18.0. The van der Waals surface area contributed by atoms with Crippen LogP contribution in [0.15, 0.2) is 30.6 Å². The molecule has 0 bridgehead atoms. The lowest BCUT2D eigenvalue weighted by molar-refractivity contribution is 0.135. The van der Waals surface area contributed by atoms with Crippen molar-refractivity contribution in [1.82, 2.24) is 15.3 Å². The molecule has 1 aliphatic rings. The average Bonchev–Trinajstić information content (AvgIpc) is 2.77. The number of rotatable bonds is 9. The number of methoxy groups -OCH3 is 1. The van der Waals surface area contributed by atoms with E-state index in [1.54, 1.807) is 31.4 Å². The van der Waals surface area contributed by atoms with Gasteiger partial charge in [-0.1, -0.05) is 6.07 Å². The third kappa shape index (κ3) is 7.06. The normalized spacial score (nSPS) is 18.3. The van der Waals surface area contributed by atoms with E-state index in [0.29, 0.717) is 36.1 Å². The van der Waals surface area contributed by atoms with Crippen LogP contribution in [0.2, 0.25) is 0 Å². The summed E-state index contributed by atoms with van der Waals surface area (Å²) < 4.78 is 24.0. The highest BCUT2D eigenvalue weighted by molar-refractivity contribution is 5.89. The number of halogens is 1. The molecule has 0 atom stereocenters. The van der Waals surface area contributed by atoms with Crippen molar-refractivity contribution in [1.29, 1.82) is 0 Å². The van der Waals surface area contributed by atoms with Gasteiger partial charge < -0.3 is 25.4 Å². The van der Waals surface area contributed by atoms with Crippen molar-refractivity contribution in [3.05, 3.63) is 41.7 Å². The second kappa shape index (κ2) is 11.5. The standard InChI is InChI=1S/C22H30FN5O3/c1-15-3-4-18(11-16(15)13-23)28-22(29)27-17-5-7-19(8-6-17)31-21-12-20(25-14-26-21)24-9-10-30-2/h3-4,11-12,14,17,19H,5-10,13H2,1-2H3,(H,24,25,26)(H2,27,28,29)/t17-,19+. The Labute approximate surface area is 182 Å². The number of carbonyl (C=O) groups is 1. The maximum Gasteiger partial charge on any atom is 0.319 e. The predicted molar refractivity (Wildman–Crippen MR) is 117 cm³/mol. The smallest absolute Gasteiger partial charge is 0.319 e. The molecule has 0 radical (unpaired) electrons. The summed E-state index contributed by atoms with van der Waals surface area (Å²) in [6.45, 7) is 2.54. The van der Waals surface area contributed by atoms with Gasteiger partial charge >= 0.3 is 6.03 Å². The van der Waals surface area contributed by atoms with E-state index in [-0.39, 0.29) is 18.2 Å². The Bertz CT molecular complexity index is 859. The van der Waals surface area contributed by atoms with Gasteiger partial charge in [-0.2, -0.15) is 0 Å². The number of ether oxygens (including phenoxy) is 2. The number of hydrogen-bond donors (Lipinski definition) is 3. The van der Waals surface area contributed by atoms with Crippen molar-refractivity contribution >= 4 is 17.5 Å². The Kier molecular flexibility index (Phi) is 8.40. The van der Waals surface area contributed by atoms with Crippen molar-refractivity contribution in [2.24, 2.45) is 0 Å². The van der Waals surface area contributed by atoms with Gasteiger partial charge in [0.1, 0.15) is 24.9 Å². The van der Waals surface area contributed by atoms with Crippen molar-refractivity contribution in [2.75, 3.05) is 30.9 Å². The molecule has 1 aromatic carbocycles. The molecule has 1 aliphatic carbocycles. The van der Waals surface area contributed by atoms with Gasteiger partial charge in [0.25, 0.3) is 0 Å². The summed E-state index contributed by atoms with van der Waals surface area (Å²) >= 11 is 0. The van der Waals surface area contributed by atoms with Gasteiger partial charge in [-0.25, -0.2) is 19.2 Å². The lowest BCUT2D eigenvalue weighted by Crippen LogP contribution is -2.41. The first kappa shape index (κ1) is 22.7. The van der Waals surface area contributed by atoms with Crippen LogP contribution in [0.1, 0.15) is 36.8 Å². The summed E-state index contributed by atoms with van der Waals surface area (Å²) in [5.41, 5.74) is 2.04. The number of hydrogen-bond acceptors (Lipinski definition) is 6. The summed E-state index contributed by atoms with van der Waals surface area (Å²) in [6.07, 6.45) is 4.78. The number of anilines is 2. The second-order valence-corrected chi connectivity index (χ2v) is 7.63. The van der Waals surface area contributed by atoms with Crippen molar-refractivity contribution < 1.29 is 18.7 Å². The van der Waals surface area contributed by atoms with Crippen LogP contribution < -0.4 is 20.7 Å². The van der Waals surface area contributed by atoms with E-state index in [1.807, 2.05) is 6.92 Å². The fourth-order valence-corrected chi connectivity index (χ4v) is 3.52. The van der Waals surface area contributed by atoms with E-state index in [2.05, 4.69) is 25.9 Å². The van der Waals surface area contributed by atoms with Gasteiger partial charge in [-0.15, -0.1) is 0 Å². The Morgan fingerprint density at radius 1 is 1.19 bits per heavy atom. The topological polar surface area (TPSA) is 97.4 Å². The van der Waals surface area contributed by atoms with Gasteiger partial charge in [0.15, 0.2) is 0 Å². The van der Waals surface area contributed by atoms with Crippen molar-refractivity contribution in [3.63, 3.8) is 0 Å². The fourth-order valence-electron chi connectivity index (χ4n) is 3.52. The highest BCUT2D eigenvalue weighted by atomic mass is 19.1. The molecule has 1 fully saturated rings. The number of carbonyl (C=O) groups excluding carboxylic acids is 1. The number of aromatic nitrogens is 2. The Balaban J connectivity index is 1.42. The lowest BCUT2D eigenvalue weighted by atomic mass is 9.93. The van der Waals surface area contributed by atoms with Crippen LogP contribution in [0.4, 0.5) is 20.7 Å². The van der Waals surface area contributed by atoms with Gasteiger partial charge in [-0.05, 0) is 55.9 Å². The molecule has 0 unspecified atom stereocenters. The largest absolute Gasteiger partial charge is 0.474 e. The quantitative estimate of drug-likeness (QED) is 0.522. The molecule has 2 amide bonds. The van der Waals surface area contributed by atoms with E-state index in [4.69, 9.17) is 9.47 Å². The molecule has 0 aliphatic heterocycles. The molecule has 1 heterocycles. The summed E-state index contributed by atoms with van der Waals surface area (Å²) in [4.78, 5) is 20.7. The first-order chi connectivity index (χ1) is 15.1. The predicted octanol–water partition coefficient (Wildman–Crippen LogP) is 3.82. The Morgan fingerprint density at radius 3 is 2.74 bits per heavy atom. The summed E-state index contributed by atoms with van der Waals surface area (Å²) in [5.74, 6) is 1.23. The first-order valence-electron chi connectivity index (χ1n) is 10.5. The molecule has 8 nitrogen and oxygen atoms in total. The van der Waals surface area contributed by atoms with Crippen LogP contribution in [-0.2, 0) is 11.4 Å². The van der Waals surface area contributed by atoms with Crippen LogP contribution >= 0.6 is 0 Å². The van der Waals surface area contributed by atoms with Crippen LogP contribution in [0.25, 0.3) is 0 Å². The third-order valence-electron chi connectivity index (χ3n) is 5.30. The molecule has 3 rings (SSSR count). The minimum atomic E-state index is -0.552. The molecule has 168 valence electrons. The van der Waals surface area contributed by atoms with E-state index < -0.39 is 6.67 Å². The Morgan fingerprint density at radius 2 is 2.00 bits per heavy atom. The van der Waals surface area contributed by atoms with Gasteiger partial charge in [0.2, 0.25) is 5.88 Å². The highest BCUT2D eigenvalue weighted by Crippen LogP contribution is 2.24. The molecule has 0 saturated heterocycles. The lowest BCUT2D eigenvalue weighted by Gasteiger charge is -2.29. The van der Waals surface area contributed by atoms with Crippen molar-refractivity contribution in [3.8, 4) is 5.88 Å². The molecule has 1 aromatic heterocycles. The van der Waals surface area contributed by atoms with Crippen LogP contribution in [0.5, 0.6) is 5.88 Å². The minimum absolute atomic E-state index is 0.0482. The third-order valence-corrected chi connectivity index (χ3v) is 5.30. The number of benzene rings is 1.